The van der Waals surface area contributed by atoms with Gasteiger partial charge in [0.2, 0.25) is 0 Å². The molecule has 1 aromatic carbocycles. The van der Waals surface area contributed by atoms with Crippen LogP contribution in [-0.4, -0.2) is 29.8 Å². The molecule has 2 aromatic rings. The van der Waals surface area contributed by atoms with E-state index < -0.39 is 5.97 Å². The van der Waals surface area contributed by atoms with E-state index in [-0.39, 0.29) is 6.10 Å². The first-order chi connectivity index (χ1) is 10.1. The number of benzene rings is 1. The van der Waals surface area contributed by atoms with E-state index in [1.54, 1.807) is 31.7 Å². The van der Waals surface area contributed by atoms with Crippen LogP contribution in [-0.2, 0) is 16.1 Å². The molecular formula is C15H17NO4S. The van der Waals surface area contributed by atoms with Crippen LogP contribution in [0.25, 0.3) is 0 Å². The SMILES string of the molecule is COC[C@H](OCc1cscn1)c1ccc(C(=O)O)c(C)c1. The second kappa shape index (κ2) is 7.31. The van der Waals surface area contributed by atoms with E-state index in [0.29, 0.717) is 24.3 Å². The van der Waals surface area contributed by atoms with Crippen LogP contribution in [0, 0.1) is 6.92 Å². The number of carbonyl (C=O) groups is 1. The van der Waals surface area contributed by atoms with E-state index in [4.69, 9.17) is 14.6 Å². The molecule has 0 aliphatic rings. The number of aromatic carboxylic acids is 1. The maximum absolute atomic E-state index is 11.0. The number of rotatable bonds is 7. The van der Waals surface area contributed by atoms with Crippen LogP contribution < -0.4 is 0 Å². The van der Waals surface area contributed by atoms with Crippen molar-refractivity contribution in [2.24, 2.45) is 0 Å². The third-order valence-electron chi connectivity index (χ3n) is 3.09. The van der Waals surface area contributed by atoms with E-state index in [9.17, 15) is 4.79 Å². The first-order valence-corrected chi connectivity index (χ1v) is 7.37. The highest BCUT2D eigenvalue weighted by Gasteiger charge is 2.15. The summed E-state index contributed by atoms with van der Waals surface area (Å²) >= 11 is 1.52. The Labute approximate surface area is 127 Å². The van der Waals surface area contributed by atoms with Gasteiger partial charge in [-0.3, -0.25) is 0 Å². The molecule has 1 atom stereocenters. The van der Waals surface area contributed by atoms with Crippen molar-refractivity contribution in [1.82, 2.24) is 4.98 Å². The van der Waals surface area contributed by atoms with Gasteiger partial charge < -0.3 is 14.6 Å². The summed E-state index contributed by atoms with van der Waals surface area (Å²) in [6.07, 6.45) is -0.252. The van der Waals surface area contributed by atoms with Crippen molar-refractivity contribution in [3.63, 3.8) is 0 Å². The van der Waals surface area contributed by atoms with E-state index in [1.807, 2.05) is 11.4 Å². The summed E-state index contributed by atoms with van der Waals surface area (Å²) in [7, 11) is 1.61. The van der Waals surface area contributed by atoms with E-state index in [2.05, 4.69) is 4.98 Å². The molecule has 0 fully saturated rings. The van der Waals surface area contributed by atoms with Gasteiger partial charge in [-0.15, -0.1) is 11.3 Å². The van der Waals surface area contributed by atoms with Crippen LogP contribution in [0.2, 0.25) is 0 Å². The van der Waals surface area contributed by atoms with Gasteiger partial charge in [-0.1, -0.05) is 12.1 Å². The van der Waals surface area contributed by atoms with Crippen molar-refractivity contribution in [2.75, 3.05) is 13.7 Å². The fraction of sp³-hybridized carbons (Fsp3) is 0.333. The number of carboxylic acid groups (broad SMARTS) is 1. The molecule has 0 saturated heterocycles. The van der Waals surface area contributed by atoms with Crippen LogP contribution in [0.4, 0.5) is 0 Å². The van der Waals surface area contributed by atoms with E-state index >= 15 is 0 Å². The summed E-state index contributed by atoms with van der Waals surface area (Å²) in [6.45, 7) is 2.57. The molecule has 112 valence electrons. The summed E-state index contributed by atoms with van der Waals surface area (Å²) < 4.78 is 11.0. The maximum Gasteiger partial charge on any atom is 0.335 e. The number of aromatic nitrogens is 1. The summed E-state index contributed by atoms with van der Waals surface area (Å²) in [5, 5.41) is 11.0. The predicted octanol–water partition coefficient (Wildman–Crippen LogP) is 3.05. The molecule has 2 rings (SSSR count). The molecule has 5 nitrogen and oxygen atoms in total. The number of carboxylic acids is 1. The van der Waals surface area contributed by atoms with Gasteiger partial charge in [-0.2, -0.15) is 0 Å². The first kappa shape index (κ1) is 15.6. The summed E-state index contributed by atoms with van der Waals surface area (Å²) in [5.41, 5.74) is 4.54. The minimum absolute atomic E-state index is 0.252. The van der Waals surface area contributed by atoms with Gasteiger partial charge in [0.25, 0.3) is 0 Å². The Morgan fingerprint density at radius 1 is 1.48 bits per heavy atom. The number of ether oxygens (including phenoxy) is 2. The summed E-state index contributed by atoms with van der Waals surface area (Å²) in [5.74, 6) is -0.925. The lowest BCUT2D eigenvalue weighted by atomic mass is 10.0. The zero-order chi connectivity index (χ0) is 15.2. The molecule has 6 heteroatoms. The molecule has 0 saturated carbocycles. The highest BCUT2D eigenvalue weighted by molar-refractivity contribution is 7.07. The number of methoxy groups -OCH3 is 1. The Balaban J connectivity index is 2.13. The number of hydrogen-bond acceptors (Lipinski definition) is 5. The van der Waals surface area contributed by atoms with Crippen molar-refractivity contribution >= 4 is 17.3 Å². The Hall–Kier alpha value is -1.76. The number of aryl methyl sites for hydroxylation is 1. The summed E-state index contributed by atoms with van der Waals surface area (Å²) in [4.78, 5) is 15.2. The third-order valence-corrected chi connectivity index (χ3v) is 3.72. The van der Waals surface area contributed by atoms with Gasteiger partial charge in [0.05, 0.1) is 30.0 Å². The van der Waals surface area contributed by atoms with Crippen molar-refractivity contribution < 1.29 is 19.4 Å². The van der Waals surface area contributed by atoms with Gasteiger partial charge in [0.15, 0.2) is 0 Å². The van der Waals surface area contributed by atoms with Crippen molar-refractivity contribution in [2.45, 2.75) is 19.6 Å². The number of nitrogens with zero attached hydrogens (tertiary/aromatic N) is 1. The third kappa shape index (κ3) is 4.10. The molecule has 0 aliphatic heterocycles. The van der Waals surface area contributed by atoms with Crippen molar-refractivity contribution in [3.05, 3.63) is 51.5 Å². The van der Waals surface area contributed by atoms with Crippen molar-refractivity contribution in [3.8, 4) is 0 Å². The molecule has 1 N–H and O–H groups in total. The standard InChI is InChI=1S/C15H17NO4S/c1-10-5-11(3-4-13(10)15(17)18)14(7-19-2)20-6-12-8-21-9-16-12/h3-5,8-9,14H,6-7H2,1-2H3,(H,17,18)/t14-/m0/s1. The van der Waals surface area contributed by atoms with Gasteiger partial charge in [0, 0.05) is 12.5 Å². The molecule has 0 aliphatic carbocycles. The number of hydrogen-bond donors (Lipinski definition) is 1. The quantitative estimate of drug-likeness (QED) is 0.851. The molecular weight excluding hydrogens is 290 g/mol. The van der Waals surface area contributed by atoms with Gasteiger partial charge in [-0.05, 0) is 24.1 Å². The van der Waals surface area contributed by atoms with Gasteiger partial charge in [-0.25, -0.2) is 9.78 Å². The Morgan fingerprint density at radius 3 is 2.86 bits per heavy atom. The van der Waals surface area contributed by atoms with Crippen LogP contribution in [0.3, 0.4) is 0 Å². The van der Waals surface area contributed by atoms with Crippen LogP contribution >= 0.6 is 11.3 Å². The average molecular weight is 307 g/mol. The molecule has 0 amide bonds. The van der Waals surface area contributed by atoms with Crippen LogP contribution in [0.15, 0.2) is 29.1 Å². The van der Waals surface area contributed by atoms with E-state index in [0.717, 1.165) is 11.3 Å². The minimum atomic E-state index is -0.925. The average Bonchev–Trinajstić information content (AvgIpc) is 2.96. The second-order valence-electron chi connectivity index (χ2n) is 4.61. The van der Waals surface area contributed by atoms with Crippen LogP contribution in [0.1, 0.15) is 33.3 Å². The highest BCUT2D eigenvalue weighted by atomic mass is 32.1. The molecule has 1 aromatic heterocycles. The molecule has 0 bridgehead atoms. The van der Waals surface area contributed by atoms with Crippen molar-refractivity contribution in [1.29, 1.82) is 0 Å². The molecule has 0 spiro atoms. The summed E-state index contributed by atoms with van der Waals surface area (Å²) in [6, 6.07) is 5.19. The predicted molar refractivity (Wildman–Crippen MR) is 79.7 cm³/mol. The minimum Gasteiger partial charge on any atom is -0.478 e. The van der Waals surface area contributed by atoms with E-state index in [1.165, 1.54) is 11.3 Å². The monoisotopic (exact) mass is 307 g/mol. The maximum atomic E-state index is 11.0. The molecule has 0 radical (unpaired) electrons. The topological polar surface area (TPSA) is 68.7 Å². The lowest BCUT2D eigenvalue weighted by Gasteiger charge is -2.18. The largest absolute Gasteiger partial charge is 0.478 e. The fourth-order valence-corrected chi connectivity index (χ4v) is 2.56. The Morgan fingerprint density at radius 2 is 2.29 bits per heavy atom. The molecule has 21 heavy (non-hydrogen) atoms. The zero-order valence-corrected chi connectivity index (χ0v) is 12.7. The van der Waals surface area contributed by atoms with Gasteiger partial charge >= 0.3 is 5.97 Å². The lowest BCUT2D eigenvalue weighted by molar-refractivity contribution is -0.0139. The van der Waals surface area contributed by atoms with Gasteiger partial charge in [0.1, 0.15) is 6.10 Å². The number of thiazole rings is 1. The smallest absolute Gasteiger partial charge is 0.335 e. The van der Waals surface area contributed by atoms with Crippen LogP contribution in [0.5, 0.6) is 0 Å². The fourth-order valence-electron chi connectivity index (χ4n) is 2.01. The highest BCUT2D eigenvalue weighted by Crippen LogP contribution is 2.22. The molecule has 0 unspecified atom stereocenters. The zero-order valence-electron chi connectivity index (χ0n) is 11.9. The second-order valence-corrected chi connectivity index (χ2v) is 5.33. The molecule has 1 heterocycles. The Bertz CT molecular complexity index is 598. The lowest BCUT2D eigenvalue weighted by Crippen LogP contribution is -2.12. The normalized spacial score (nSPS) is 12.3. The Kier molecular flexibility index (Phi) is 5.44. The first-order valence-electron chi connectivity index (χ1n) is 6.43.